The molecule has 0 unspecified atom stereocenters. The number of nitrogens with one attached hydrogen (secondary N) is 2. The summed E-state index contributed by atoms with van der Waals surface area (Å²) in [5.74, 6) is 0.833. The van der Waals surface area contributed by atoms with Crippen molar-refractivity contribution in [1.82, 2.24) is 20.5 Å². The van der Waals surface area contributed by atoms with E-state index in [1.165, 1.54) is 5.56 Å². The van der Waals surface area contributed by atoms with Gasteiger partial charge < -0.3 is 15.4 Å². The molecule has 2 heterocycles. The predicted octanol–water partition coefficient (Wildman–Crippen LogP) is 3.48. The zero-order valence-corrected chi connectivity index (χ0v) is 20.8. The lowest BCUT2D eigenvalue weighted by Gasteiger charge is -2.32. The zero-order valence-electron chi connectivity index (χ0n) is 18.5. The average Bonchev–Trinajstić information content (AvgIpc) is 2.80. The summed E-state index contributed by atoms with van der Waals surface area (Å²) in [4.78, 5) is 11.1. The van der Waals surface area contributed by atoms with E-state index in [-0.39, 0.29) is 24.0 Å². The SMILES string of the molecule is CN=C(NCCCOC1CCN(Cc2ccccc2)CC1)NCCc1ccccn1.I. The molecule has 0 atom stereocenters. The van der Waals surface area contributed by atoms with Crippen molar-refractivity contribution in [1.29, 1.82) is 0 Å². The predicted molar refractivity (Wildman–Crippen MR) is 138 cm³/mol. The van der Waals surface area contributed by atoms with Crippen LogP contribution >= 0.6 is 24.0 Å². The first kappa shape index (κ1) is 25.5. The van der Waals surface area contributed by atoms with Gasteiger partial charge in [0.15, 0.2) is 5.96 Å². The summed E-state index contributed by atoms with van der Waals surface area (Å²) < 4.78 is 6.10. The Labute approximate surface area is 203 Å². The van der Waals surface area contributed by atoms with Crippen LogP contribution in [-0.4, -0.2) is 61.8 Å². The van der Waals surface area contributed by atoms with E-state index in [9.17, 15) is 0 Å². The summed E-state index contributed by atoms with van der Waals surface area (Å²) in [5, 5.41) is 6.69. The number of hydrogen-bond acceptors (Lipinski definition) is 4. The minimum Gasteiger partial charge on any atom is -0.378 e. The molecule has 1 saturated heterocycles. The molecule has 1 aromatic heterocycles. The molecule has 1 aliphatic heterocycles. The highest BCUT2D eigenvalue weighted by molar-refractivity contribution is 14.0. The molecule has 0 bridgehead atoms. The Bertz CT molecular complexity index is 736. The fourth-order valence-electron chi connectivity index (χ4n) is 3.68. The minimum absolute atomic E-state index is 0. The third kappa shape index (κ3) is 9.97. The number of hydrogen-bond donors (Lipinski definition) is 2. The van der Waals surface area contributed by atoms with Gasteiger partial charge in [-0.3, -0.25) is 14.9 Å². The number of pyridine rings is 1. The van der Waals surface area contributed by atoms with Gasteiger partial charge in [-0.1, -0.05) is 36.4 Å². The Kier molecular flexibility index (Phi) is 12.5. The minimum atomic E-state index is 0. The molecular weight excluding hydrogens is 501 g/mol. The Morgan fingerprint density at radius 1 is 1.06 bits per heavy atom. The van der Waals surface area contributed by atoms with Crippen molar-refractivity contribution in [3.63, 3.8) is 0 Å². The molecule has 0 amide bonds. The fourth-order valence-corrected chi connectivity index (χ4v) is 3.68. The van der Waals surface area contributed by atoms with Gasteiger partial charge in [0.1, 0.15) is 0 Å². The standard InChI is InChI=1S/C24H35N5O.HI/c1-25-24(28-16-11-22-10-5-6-14-26-22)27-15-7-19-30-23-12-17-29(18-13-23)20-21-8-3-2-4-9-21;/h2-6,8-10,14,23H,7,11-13,15-20H2,1H3,(H2,25,27,28);1H. The number of ether oxygens (including phenoxy) is 1. The second-order valence-corrected chi connectivity index (χ2v) is 7.68. The van der Waals surface area contributed by atoms with Crippen LogP contribution in [-0.2, 0) is 17.7 Å². The molecule has 0 aliphatic carbocycles. The fraction of sp³-hybridized carbons (Fsp3) is 0.500. The largest absolute Gasteiger partial charge is 0.378 e. The first-order valence-corrected chi connectivity index (χ1v) is 11.1. The van der Waals surface area contributed by atoms with Crippen molar-refractivity contribution in [2.75, 3.05) is 39.8 Å². The summed E-state index contributed by atoms with van der Waals surface area (Å²) >= 11 is 0. The van der Waals surface area contributed by atoms with E-state index < -0.39 is 0 Å². The van der Waals surface area contributed by atoms with Gasteiger partial charge in [-0.15, -0.1) is 24.0 Å². The quantitative estimate of drug-likeness (QED) is 0.210. The average molecular weight is 537 g/mol. The van der Waals surface area contributed by atoms with Crippen LogP contribution in [0.25, 0.3) is 0 Å². The highest BCUT2D eigenvalue weighted by atomic mass is 127. The number of halogens is 1. The van der Waals surface area contributed by atoms with Crippen LogP contribution in [0.15, 0.2) is 59.7 Å². The van der Waals surface area contributed by atoms with Crippen molar-refractivity contribution in [2.45, 2.75) is 38.3 Å². The van der Waals surface area contributed by atoms with Gasteiger partial charge in [-0.2, -0.15) is 0 Å². The maximum atomic E-state index is 6.10. The number of rotatable bonds is 10. The van der Waals surface area contributed by atoms with Crippen LogP contribution in [0.5, 0.6) is 0 Å². The van der Waals surface area contributed by atoms with Gasteiger partial charge in [0.05, 0.1) is 6.10 Å². The second-order valence-electron chi connectivity index (χ2n) is 7.68. The lowest BCUT2D eigenvalue weighted by atomic mass is 10.1. The van der Waals surface area contributed by atoms with Gasteiger partial charge in [-0.05, 0) is 37.0 Å². The highest BCUT2D eigenvalue weighted by Crippen LogP contribution is 2.16. The van der Waals surface area contributed by atoms with Crippen molar-refractivity contribution >= 4 is 29.9 Å². The number of likely N-dealkylation sites (tertiary alicyclic amines) is 1. The summed E-state index contributed by atoms with van der Waals surface area (Å²) in [6, 6.07) is 16.7. The lowest BCUT2D eigenvalue weighted by molar-refractivity contribution is 0.00534. The molecule has 170 valence electrons. The normalized spacial score (nSPS) is 15.3. The van der Waals surface area contributed by atoms with E-state index in [1.807, 2.05) is 24.4 Å². The number of benzene rings is 1. The maximum absolute atomic E-state index is 6.10. The molecular formula is C24H36IN5O. The van der Waals surface area contributed by atoms with E-state index in [4.69, 9.17) is 4.74 Å². The number of piperidine rings is 1. The third-order valence-corrected chi connectivity index (χ3v) is 5.37. The van der Waals surface area contributed by atoms with Gasteiger partial charge in [-0.25, -0.2) is 0 Å². The Hall–Kier alpha value is -1.71. The Balaban J connectivity index is 0.00000341. The highest BCUT2D eigenvalue weighted by Gasteiger charge is 2.19. The van der Waals surface area contributed by atoms with E-state index in [0.717, 1.165) is 76.7 Å². The van der Waals surface area contributed by atoms with E-state index in [2.05, 4.69) is 55.8 Å². The number of nitrogens with zero attached hydrogens (tertiary/aromatic N) is 3. The first-order valence-electron chi connectivity index (χ1n) is 11.1. The molecule has 0 radical (unpaired) electrons. The molecule has 2 N–H and O–H groups in total. The van der Waals surface area contributed by atoms with Crippen LogP contribution in [0.4, 0.5) is 0 Å². The number of aliphatic imine (C=N–C) groups is 1. The van der Waals surface area contributed by atoms with E-state index in [0.29, 0.717) is 6.10 Å². The lowest BCUT2D eigenvalue weighted by Crippen LogP contribution is -2.39. The van der Waals surface area contributed by atoms with Gasteiger partial charge >= 0.3 is 0 Å². The molecule has 0 saturated carbocycles. The third-order valence-electron chi connectivity index (χ3n) is 5.37. The van der Waals surface area contributed by atoms with Crippen LogP contribution in [0.3, 0.4) is 0 Å². The van der Waals surface area contributed by atoms with E-state index >= 15 is 0 Å². The van der Waals surface area contributed by atoms with Gasteiger partial charge in [0.25, 0.3) is 0 Å². The molecule has 2 aromatic rings. The van der Waals surface area contributed by atoms with Gasteiger partial charge in [0, 0.05) is 64.7 Å². The number of guanidine groups is 1. The van der Waals surface area contributed by atoms with Crippen molar-refractivity contribution in [3.8, 4) is 0 Å². The first-order chi connectivity index (χ1) is 14.8. The molecule has 31 heavy (non-hydrogen) atoms. The van der Waals surface area contributed by atoms with Crippen LogP contribution < -0.4 is 10.6 Å². The Morgan fingerprint density at radius 2 is 1.81 bits per heavy atom. The maximum Gasteiger partial charge on any atom is 0.190 e. The molecule has 1 fully saturated rings. The summed E-state index contributed by atoms with van der Waals surface area (Å²) in [6.07, 6.45) is 6.33. The van der Waals surface area contributed by atoms with Crippen LogP contribution in [0, 0.1) is 0 Å². The van der Waals surface area contributed by atoms with Crippen molar-refractivity contribution in [2.24, 2.45) is 4.99 Å². The van der Waals surface area contributed by atoms with Crippen LogP contribution in [0.1, 0.15) is 30.5 Å². The summed E-state index contributed by atoms with van der Waals surface area (Å²) in [5.41, 5.74) is 2.48. The summed E-state index contributed by atoms with van der Waals surface area (Å²) in [6.45, 7) is 5.74. The second kappa shape index (κ2) is 15.2. The van der Waals surface area contributed by atoms with E-state index in [1.54, 1.807) is 7.05 Å². The molecule has 7 heteroatoms. The van der Waals surface area contributed by atoms with Crippen molar-refractivity contribution in [3.05, 3.63) is 66.0 Å². The molecule has 1 aliphatic rings. The number of aromatic nitrogens is 1. The monoisotopic (exact) mass is 537 g/mol. The topological polar surface area (TPSA) is 61.8 Å². The molecule has 0 spiro atoms. The van der Waals surface area contributed by atoms with Crippen LogP contribution in [0.2, 0.25) is 0 Å². The Morgan fingerprint density at radius 3 is 2.52 bits per heavy atom. The van der Waals surface area contributed by atoms with Gasteiger partial charge in [0.2, 0.25) is 0 Å². The smallest absolute Gasteiger partial charge is 0.190 e. The molecule has 3 rings (SSSR count). The zero-order chi connectivity index (χ0) is 20.9. The van der Waals surface area contributed by atoms with Crippen molar-refractivity contribution < 1.29 is 4.74 Å². The summed E-state index contributed by atoms with van der Waals surface area (Å²) in [7, 11) is 1.80. The molecule has 1 aromatic carbocycles. The molecule has 6 nitrogen and oxygen atoms in total.